The van der Waals surface area contributed by atoms with E-state index in [1.54, 1.807) is 0 Å². The second kappa shape index (κ2) is 7.64. The monoisotopic (exact) mass is 325 g/mol. The van der Waals surface area contributed by atoms with Gasteiger partial charge in [0.2, 0.25) is 0 Å². The number of hydrogen-bond acceptors (Lipinski definition) is 1. The average Bonchev–Trinajstić information content (AvgIpc) is 2.34. The van der Waals surface area contributed by atoms with Gasteiger partial charge in [-0.15, -0.1) is 0 Å². The SMILES string of the molecule is CC(C)C1C(=S)N(C(C)C)C(C(C)C)C(C(C)C)C1C(C)C. The lowest BCUT2D eigenvalue weighted by molar-refractivity contribution is -0.00296. The summed E-state index contributed by atoms with van der Waals surface area (Å²) in [7, 11) is 0. The quantitative estimate of drug-likeness (QED) is 0.581. The number of likely N-dealkylation sites (tertiary alicyclic amines) is 1. The zero-order chi connectivity index (χ0) is 17.4. The molecule has 0 radical (unpaired) electrons. The van der Waals surface area contributed by atoms with Gasteiger partial charge in [0.1, 0.15) is 0 Å². The fraction of sp³-hybridized carbons (Fsp3) is 0.950. The van der Waals surface area contributed by atoms with E-state index in [4.69, 9.17) is 12.2 Å². The van der Waals surface area contributed by atoms with Crippen LogP contribution >= 0.6 is 12.2 Å². The summed E-state index contributed by atoms with van der Waals surface area (Å²) in [5.74, 6) is 4.62. The van der Waals surface area contributed by atoms with Crippen LogP contribution in [0.1, 0.15) is 69.2 Å². The van der Waals surface area contributed by atoms with Crippen LogP contribution in [0, 0.1) is 41.4 Å². The molecule has 4 unspecified atom stereocenters. The minimum absolute atomic E-state index is 0.496. The molecule has 0 aliphatic carbocycles. The van der Waals surface area contributed by atoms with Crippen molar-refractivity contribution in [2.75, 3.05) is 0 Å². The molecule has 0 aromatic carbocycles. The van der Waals surface area contributed by atoms with E-state index in [9.17, 15) is 0 Å². The summed E-state index contributed by atoms with van der Waals surface area (Å²) < 4.78 is 0. The predicted molar refractivity (Wildman–Crippen MR) is 103 cm³/mol. The summed E-state index contributed by atoms with van der Waals surface area (Å²) in [4.78, 5) is 3.84. The molecule has 1 saturated heterocycles. The van der Waals surface area contributed by atoms with Crippen LogP contribution in [0.5, 0.6) is 0 Å². The molecule has 1 nitrogen and oxygen atoms in total. The molecule has 2 heteroatoms. The van der Waals surface area contributed by atoms with Crippen molar-refractivity contribution >= 4 is 17.2 Å². The van der Waals surface area contributed by atoms with E-state index in [0.717, 1.165) is 5.92 Å². The molecule has 0 aromatic rings. The Hall–Kier alpha value is -0.110. The van der Waals surface area contributed by atoms with Gasteiger partial charge < -0.3 is 4.90 Å². The topological polar surface area (TPSA) is 3.24 Å². The molecule has 0 bridgehead atoms. The smallest absolute Gasteiger partial charge is 0.0821 e. The van der Waals surface area contributed by atoms with E-state index in [1.807, 2.05) is 0 Å². The molecular weight excluding hydrogens is 286 g/mol. The van der Waals surface area contributed by atoms with E-state index in [0.29, 0.717) is 47.6 Å². The fourth-order valence-corrected chi connectivity index (χ4v) is 5.69. The first kappa shape index (κ1) is 19.9. The molecule has 0 aromatic heterocycles. The molecule has 130 valence electrons. The highest BCUT2D eigenvalue weighted by Crippen LogP contribution is 2.48. The molecule has 22 heavy (non-hydrogen) atoms. The van der Waals surface area contributed by atoms with Crippen molar-refractivity contribution in [1.29, 1.82) is 0 Å². The van der Waals surface area contributed by atoms with Crippen LogP contribution in [0.2, 0.25) is 0 Å². The molecule has 0 amide bonds. The summed E-state index contributed by atoms with van der Waals surface area (Å²) in [5, 5.41) is 0. The Morgan fingerprint density at radius 3 is 1.41 bits per heavy atom. The first-order chi connectivity index (χ1) is 10.0. The van der Waals surface area contributed by atoms with Gasteiger partial charge in [0.15, 0.2) is 0 Å². The van der Waals surface area contributed by atoms with Crippen molar-refractivity contribution in [3.8, 4) is 0 Å². The third kappa shape index (κ3) is 3.68. The third-order valence-corrected chi connectivity index (χ3v) is 6.09. The van der Waals surface area contributed by atoms with Crippen molar-refractivity contribution in [3.63, 3.8) is 0 Å². The molecular formula is C20H39NS. The maximum Gasteiger partial charge on any atom is 0.0821 e. The first-order valence-electron chi connectivity index (χ1n) is 9.34. The highest BCUT2D eigenvalue weighted by Gasteiger charge is 2.50. The molecule has 1 aliphatic rings. The van der Waals surface area contributed by atoms with E-state index in [2.05, 4.69) is 74.1 Å². The van der Waals surface area contributed by atoms with Crippen molar-refractivity contribution in [3.05, 3.63) is 0 Å². The Balaban J connectivity index is 3.46. The van der Waals surface area contributed by atoms with Crippen molar-refractivity contribution < 1.29 is 0 Å². The van der Waals surface area contributed by atoms with Crippen LogP contribution in [-0.2, 0) is 0 Å². The molecule has 0 spiro atoms. The van der Waals surface area contributed by atoms with Crippen LogP contribution in [0.15, 0.2) is 0 Å². The van der Waals surface area contributed by atoms with Gasteiger partial charge in [-0.1, -0.05) is 67.6 Å². The zero-order valence-corrected chi connectivity index (χ0v) is 17.4. The lowest BCUT2D eigenvalue weighted by Gasteiger charge is -2.57. The van der Waals surface area contributed by atoms with Gasteiger partial charge in [-0.25, -0.2) is 0 Å². The minimum atomic E-state index is 0.496. The Morgan fingerprint density at radius 1 is 0.682 bits per heavy atom. The van der Waals surface area contributed by atoms with Crippen molar-refractivity contribution in [2.24, 2.45) is 41.4 Å². The van der Waals surface area contributed by atoms with Crippen LogP contribution < -0.4 is 0 Å². The minimum Gasteiger partial charge on any atom is -0.360 e. The van der Waals surface area contributed by atoms with E-state index in [1.165, 1.54) is 4.99 Å². The Labute approximate surface area is 145 Å². The highest BCUT2D eigenvalue weighted by atomic mass is 32.1. The third-order valence-electron chi connectivity index (χ3n) is 5.61. The molecule has 1 fully saturated rings. The predicted octanol–water partition coefficient (Wildman–Crippen LogP) is 5.88. The van der Waals surface area contributed by atoms with Gasteiger partial charge in [0, 0.05) is 18.0 Å². The van der Waals surface area contributed by atoms with E-state index >= 15 is 0 Å². The summed E-state index contributed by atoms with van der Waals surface area (Å²) >= 11 is 6.06. The maximum atomic E-state index is 6.06. The van der Waals surface area contributed by atoms with Gasteiger partial charge in [0.05, 0.1) is 4.99 Å². The van der Waals surface area contributed by atoms with Crippen LogP contribution in [0.4, 0.5) is 0 Å². The molecule has 1 heterocycles. The second-order valence-electron chi connectivity index (χ2n) is 8.99. The average molecular weight is 326 g/mol. The summed E-state index contributed by atoms with van der Waals surface area (Å²) in [5.41, 5.74) is 0. The molecule has 0 N–H and O–H groups in total. The summed E-state index contributed by atoms with van der Waals surface area (Å²) in [6.07, 6.45) is 0. The van der Waals surface area contributed by atoms with Gasteiger partial charge in [0.25, 0.3) is 0 Å². The standard InChI is InChI=1S/C20H39NS/c1-11(2)16-17(12(3)4)19(14(7)8)21(15(9)10)20(22)18(16)13(5)6/h11-19H,1-10H3. The van der Waals surface area contributed by atoms with Crippen molar-refractivity contribution in [1.82, 2.24) is 4.90 Å². The van der Waals surface area contributed by atoms with E-state index in [-0.39, 0.29) is 0 Å². The number of thiocarbonyl (C=S) groups is 1. The fourth-order valence-electron chi connectivity index (χ4n) is 4.93. The summed E-state index contributed by atoms with van der Waals surface area (Å²) in [6.45, 7) is 23.7. The lowest BCUT2D eigenvalue weighted by atomic mass is 9.60. The second-order valence-corrected chi connectivity index (χ2v) is 9.40. The number of piperidine rings is 1. The summed E-state index contributed by atoms with van der Waals surface area (Å²) in [6, 6.07) is 1.07. The van der Waals surface area contributed by atoms with Gasteiger partial charge in [-0.3, -0.25) is 0 Å². The number of nitrogens with zero attached hydrogens (tertiary/aromatic N) is 1. The number of hydrogen-bond donors (Lipinski definition) is 0. The first-order valence-corrected chi connectivity index (χ1v) is 9.75. The van der Waals surface area contributed by atoms with Gasteiger partial charge in [-0.05, 0) is 49.4 Å². The Bertz CT molecular complexity index is 340. The molecule has 1 aliphatic heterocycles. The van der Waals surface area contributed by atoms with Gasteiger partial charge in [-0.2, -0.15) is 0 Å². The molecule has 0 saturated carbocycles. The van der Waals surface area contributed by atoms with Crippen LogP contribution in [0.25, 0.3) is 0 Å². The van der Waals surface area contributed by atoms with Crippen LogP contribution in [0.3, 0.4) is 0 Å². The Kier molecular flexibility index (Phi) is 6.92. The van der Waals surface area contributed by atoms with Crippen molar-refractivity contribution in [2.45, 2.75) is 81.3 Å². The van der Waals surface area contributed by atoms with E-state index < -0.39 is 0 Å². The zero-order valence-electron chi connectivity index (χ0n) is 16.6. The number of rotatable bonds is 5. The lowest BCUT2D eigenvalue weighted by Crippen LogP contribution is -2.63. The maximum absolute atomic E-state index is 6.06. The normalized spacial score (nSPS) is 30.5. The largest absolute Gasteiger partial charge is 0.360 e. The van der Waals surface area contributed by atoms with Crippen LogP contribution in [-0.4, -0.2) is 22.0 Å². The molecule has 1 rings (SSSR count). The molecule has 4 atom stereocenters. The Morgan fingerprint density at radius 2 is 1.14 bits per heavy atom. The van der Waals surface area contributed by atoms with Gasteiger partial charge >= 0.3 is 0 Å². The highest BCUT2D eigenvalue weighted by molar-refractivity contribution is 7.80.